The molecule has 1 aliphatic carbocycles. The molecular weight excluding hydrogens is 472 g/mol. The Hall–Kier alpha value is -3.75. The second-order valence-corrected chi connectivity index (χ2v) is 10.3. The molecule has 1 heterocycles. The van der Waals surface area contributed by atoms with E-state index in [0.717, 1.165) is 11.1 Å². The third kappa shape index (κ3) is 5.50. The second-order valence-electron chi connectivity index (χ2n) is 8.50. The fourth-order valence-electron chi connectivity index (χ4n) is 4.16. The number of fused-ring (bicyclic) bond motifs is 1. The molecule has 0 fully saturated rings. The number of aromatic nitrogens is 2. The van der Waals surface area contributed by atoms with Gasteiger partial charge >= 0.3 is 5.97 Å². The van der Waals surface area contributed by atoms with Gasteiger partial charge in [0.25, 0.3) is 5.89 Å². The topological polar surface area (TPSA) is 155 Å². The highest BCUT2D eigenvalue weighted by Crippen LogP contribution is 2.36. The summed E-state index contributed by atoms with van der Waals surface area (Å²) in [5.41, 5.74) is 3.27. The number of hydrogen-bond donors (Lipinski definition) is 2. The zero-order valence-corrected chi connectivity index (χ0v) is 20.0. The summed E-state index contributed by atoms with van der Waals surface area (Å²) >= 11 is 0. The minimum absolute atomic E-state index is 0.0790. The molecular formula is C24H24N4O6S. The van der Waals surface area contributed by atoms with Gasteiger partial charge in [-0.2, -0.15) is 10.2 Å². The molecule has 0 saturated heterocycles. The van der Waals surface area contributed by atoms with Crippen molar-refractivity contribution >= 4 is 16.0 Å². The number of rotatable bonds is 8. The van der Waals surface area contributed by atoms with Crippen LogP contribution in [0.15, 0.2) is 40.9 Å². The highest BCUT2D eigenvalue weighted by atomic mass is 32.2. The van der Waals surface area contributed by atoms with Gasteiger partial charge in [-0.1, -0.05) is 23.4 Å². The van der Waals surface area contributed by atoms with Crippen LogP contribution in [-0.4, -0.2) is 41.5 Å². The zero-order chi connectivity index (χ0) is 25.2. The van der Waals surface area contributed by atoms with Gasteiger partial charge in [0.15, 0.2) is 5.75 Å². The Morgan fingerprint density at radius 3 is 2.86 bits per heavy atom. The van der Waals surface area contributed by atoms with E-state index in [9.17, 15) is 18.5 Å². The lowest BCUT2D eigenvalue weighted by molar-refractivity contribution is -0.134. The minimum atomic E-state index is -3.99. The number of aliphatic carboxylic acids is 1. The number of ether oxygens (including phenoxy) is 1. The number of sulfonamides is 1. The SMILES string of the molecule is CC(C)Oc1ccc(-c2nc(-c3cccc4c3CCC[C@H]4NS(=O)(=O)CC(=O)O)no2)cc1C#N. The van der Waals surface area contributed by atoms with Gasteiger partial charge < -0.3 is 14.4 Å². The minimum Gasteiger partial charge on any atom is -0.490 e. The molecule has 11 heteroatoms. The molecule has 182 valence electrons. The molecule has 3 aromatic rings. The predicted octanol–water partition coefficient (Wildman–Crippen LogP) is 3.44. The summed E-state index contributed by atoms with van der Waals surface area (Å²) in [6.45, 7) is 3.75. The van der Waals surface area contributed by atoms with Crippen molar-refractivity contribution in [3.63, 3.8) is 0 Å². The number of carboxylic acids is 1. The number of carbonyl (C=O) groups is 1. The van der Waals surface area contributed by atoms with Crippen molar-refractivity contribution in [3.05, 3.63) is 53.1 Å². The predicted molar refractivity (Wildman–Crippen MR) is 126 cm³/mol. The fourth-order valence-corrected chi connectivity index (χ4v) is 5.25. The fraction of sp³-hybridized carbons (Fsp3) is 0.333. The Balaban J connectivity index is 1.65. The summed E-state index contributed by atoms with van der Waals surface area (Å²) in [7, 11) is -3.99. The number of nitrogens with zero attached hydrogens (tertiary/aromatic N) is 3. The average Bonchev–Trinajstić information content (AvgIpc) is 3.28. The summed E-state index contributed by atoms with van der Waals surface area (Å²) < 4.78 is 38.1. The van der Waals surface area contributed by atoms with Crippen LogP contribution in [0.5, 0.6) is 5.75 Å². The van der Waals surface area contributed by atoms with E-state index in [1.807, 2.05) is 26.0 Å². The van der Waals surface area contributed by atoms with Crippen molar-refractivity contribution in [2.75, 3.05) is 5.75 Å². The van der Waals surface area contributed by atoms with E-state index in [1.165, 1.54) is 0 Å². The quantitative estimate of drug-likeness (QED) is 0.477. The Kier molecular flexibility index (Phi) is 6.86. The number of nitrogens with one attached hydrogen (secondary N) is 1. The van der Waals surface area contributed by atoms with E-state index >= 15 is 0 Å². The van der Waals surface area contributed by atoms with Crippen LogP contribution >= 0.6 is 0 Å². The smallest absolute Gasteiger partial charge is 0.320 e. The number of hydrogen-bond acceptors (Lipinski definition) is 8. The summed E-state index contributed by atoms with van der Waals surface area (Å²) in [6.07, 6.45) is 1.86. The van der Waals surface area contributed by atoms with E-state index in [1.54, 1.807) is 24.3 Å². The molecule has 0 aliphatic heterocycles. The molecule has 10 nitrogen and oxygen atoms in total. The Morgan fingerprint density at radius 1 is 1.34 bits per heavy atom. The summed E-state index contributed by atoms with van der Waals surface area (Å²) in [4.78, 5) is 15.4. The molecule has 1 aliphatic rings. The molecule has 2 N–H and O–H groups in total. The van der Waals surface area contributed by atoms with Crippen LogP contribution in [0.1, 0.15) is 49.4 Å². The van der Waals surface area contributed by atoms with E-state index < -0.39 is 27.8 Å². The molecule has 0 radical (unpaired) electrons. The highest BCUT2D eigenvalue weighted by Gasteiger charge is 2.28. The van der Waals surface area contributed by atoms with Gasteiger partial charge in [-0.15, -0.1) is 0 Å². The van der Waals surface area contributed by atoms with Crippen LogP contribution < -0.4 is 9.46 Å². The average molecular weight is 497 g/mol. The molecule has 0 saturated carbocycles. The normalized spacial score (nSPS) is 15.4. The van der Waals surface area contributed by atoms with Crippen molar-refractivity contribution in [2.24, 2.45) is 0 Å². The molecule has 0 amide bonds. The monoisotopic (exact) mass is 496 g/mol. The first-order chi connectivity index (χ1) is 16.7. The molecule has 35 heavy (non-hydrogen) atoms. The van der Waals surface area contributed by atoms with Gasteiger partial charge in [0.1, 0.15) is 11.8 Å². The largest absolute Gasteiger partial charge is 0.490 e. The van der Waals surface area contributed by atoms with Crippen molar-refractivity contribution in [1.82, 2.24) is 14.9 Å². The maximum Gasteiger partial charge on any atom is 0.320 e. The summed E-state index contributed by atoms with van der Waals surface area (Å²) in [6, 6.07) is 12.1. The Morgan fingerprint density at radius 2 is 2.14 bits per heavy atom. The summed E-state index contributed by atoms with van der Waals surface area (Å²) in [5.74, 6) is -1.35. The van der Waals surface area contributed by atoms with Crippen LogP contribution in [-0.2, 0) is 21.2 Å². The lowest BCUT2D eigenvalue weighted by atomic mass is 9.85. The molecule has 1 atom stereocenters. The van der Waals surface area contributed by atoms with Gasteiger partial charge in [-0.05, 0) is 62.4 Å². The van der Waals surface area contributed by atoms with E-state index in [4.69, 9.17) is 14.4 Å². The maximum absolute atomic E-state index is 12.2. The molecule has 0 unspecified atom stereocenters. The first-order valence-electron chi connectivity index (χ1n) is 11.1. The lowest BCUT2D eigenvalue weighted by Gasteiger charge is -2.27. The standard InChI is InChI=1S/C24H24N4O6S/c1-14(2)33-21-10-9-15(11-16(21)12-25)24-26-23(27-34-24)19-7-3-6-18-17(19)5-4-8-20(18)28-35(31,32)13-22(29)30/h3,6-7,9-11,14,20,28H,4-5,8,13H2,1-2H3,(H,29,30)/t20-/m1/s1. The van der Waals surface area contributed by atoms with Crippen LogP contribution in [0.2, 0.25) is 0 Å². The van der Waals surface area contributed by atoms with Gasteiger partial charge in [0, 0.05) is 17.2 Å². The van der Waals surface area contributed by atoms with Crippen LogP contribution in [0.25, 0.3) is 22.8 Å². The van der Waals surface area contributed by atoms with Gasteiger partial charge in [0.2, 0.25) is 15.8 Å². The number of nitriles is 1. The first-order valence-corrected chi connectivity index (χ1v) is 12.7. The third-order valence-corrected chi connectivity index (χ3v) is 6.79. The lowest BCUT2D eigenvalue weighted by Crippen LogP contribution is -2.35. The molecule has 2 aromatic carbocycles. The van der Waals surface area contributed by atoms with Gasteiger partial charge in [-0.3, -0.25) is 4.79 Å². The van der Waals surface area contributed by atoms with E-state index in [0.29, 0.717) is 47.5 Å². The van der Waals surface area contributed by atoms with Crippen molar-refractivity contribution in [3.8, 4) is 34.7 Å². The van der Waals surface area contributed by atoms with Crippen molar-refractivity contribution < 1.29 is 27.6 Å². The van der Waals surface area contributed by atoms with Crippen molar-refractivity contribution in [2.45, 2.75) is 45.3 Å². The molecule has 0 bridgehead atoms. The van der Waals surface area contributed by atoms with Crippen LogP contribution in [0, 0.1) is 11.3 Å². The second kappa shape index (κ2) is 9.85. The zero-order valence-electron chi connectivity index (χ0n) is 19.2. The molecule has 1 aromatic heterocycles. The highest BCUT2D eigenvalue weighted by molar-refractivity contribution is 7.90. The van der Waals surface area contributed by atoms with E-state index in [2.05, 4.69) is 20.9 Å². The molecule has 0 spiro atoms. The van der Waals surface area contributed by atoms with Crippen LogP contribution in [0.3, 0.4) is 0 Å². The maximum atomic E-state index is 12.2. The number of carboxylic acid groups (broad SMARTS) is 1. The third-order valence-electron chi connectivity index (χ3n) is 5.52. The Labute approximate surface area is 202 Å². The van der Waals surface area contributed by atoms with Gasteiger partial charge in [0.05, 0.1) is 11.7 Å². The van der Waals surface area contributed by atoms with Crippen LogP contribution in [0.4, 0.5) is 0 Å². The Bertz CT molecular complexity index is 1410. The van der Waals surface area contributed by atoms with Gasteiger partial charge in [-0.25, -0.2) is 13.1 Å². The number of benzene rings is 2. The van der Waals surface area contributed by atoms with E-state index in [-0.39, 0.29) is 12.0 Å². The van der Waals surface area contributed by atoms with Crippen molar-refractivity contribution in [1.29, 1.82) is 5.26 Å². The summed E-state index contributed by atoms with van der Waals surface area (Å²) in [5, 5.41) is 22.5. The molecule has 4 rings (SSSR count). The first kappa shape index (κ1) is 24.4.